The summed E-state index contributed by atoms with van der Waals surface area (Å²) >= 11 is 0. The monoisotopic (exact) mass is 371 g/mol. The van der Waals surface area contributed by atoms with Crippen LogP contribution in [0.3, 0.4) is 0 Å². The average Bonchev–Trinajstić information content (AvgIpc) is 2.99. The van der Waals surface area contributed by atoms with Gasteiger partial charge in [0.1, 0.15) is 0 Å². The average molecular weight is 372 g/mol. The summed E-state index contributed by atoms with van der Waals surface area (Å²) in [5.74, 6) is 0.0754. The maximum Gasteiger partial charge on any atom is 0.186 e. The van der Waals surface area contributed by atoms with Crippen LogP contribution in [0.2, 0.25) is 0 Å². The Hall–Kier alpha value is -2.60. The maximum atomic E-state index is 5.45. The second kappa shape index (κ2) is 7.60. The standard InChI is InChI=1S/C17H17N5.BrH/c18-17(19)20-11-14-12-22(15-9-5-2-6-10-15)21-16(14)13-7-3-1-4-8-13;/h1-10,12H,11H2,(H4,18,19,20);1H. The molecule has 0 saturated carbocycles. The van der Waals surface area contributed by atoms with Gasteiger partial charge < -0.3 is 11.5 Å². The smallest absolute Gasteiger partial charge is 0.186 e. The number of rotatable bonds is 4. The molecule has 0 fully saturated rings. The molecule has 0 amide bonds. The molecule has 118 valence electrons. The molecule has 4 N–H and O–H groups in total. The van der Waals surface area contributed by atoms with Crippen molar-refractivity contribution in [3.05, 3.63) is 72.4 Å². The first-order chi connectivity index (χ1) is 10.7. The molecule has 0 radical (unpaired) electrons. The first kappa shape index (κ1) is 16.8. The fourth-order valence-corrected chi connectivity index (χ4v) is 2.25. The van der Waals surface area contributed by atoms with E-state index in [0.717, 1.165) is 22.5 Å². The van der Waals surface area contributed by atoms with E-state index in [1.54, 1.807) is 0 Å². The van der Waals surface area contributed by atoms with Crippen LogP contribution in [0.4, 0.5) is 0 Å². The van der Waals surface area contributed by atoms with Gasteiger partial charge in [-0.3, -0.25) is 0 Å². The molecular formula is C17H18BrN5. The third-order valence-electron chi connectivity index (χ3n) is 3.29. The summed E-state index contributed by atoms with van der Waals surface area (Å²) < 4.78 is 1.85. The van der Waals surface area contributed by atoms with Gasteiger partial charge in [0, 0.05) is 17.3 Å². The van der Waals surface area contributed by atoms with Crippen molar-refractivity contribution in [3.8, 4) is 16.9 Å². The maximum absolute atomic E-state index is 5.45. The first-order valence-corrected chi connectivity index (χ1v) is 6.99. The molecule has 3 aromatic rings. The van der Waals surface area contributed by atoms with E-state index in [-0.39, 0.29) is 22.9 Å². The predicted octanol–water partition coefficient (Wildman–Crippen LogP) is 2.89. The topological polar surface area (TPSA) is 82.2 Å². The summed E-state index contributed by atoms with van der Waals surface area (Å²) in [5.41, 5.74) is 14.8. The van der Waals surface area contributed by atoms with Crippen LogP contribution in [-0.2, 0) is 6.54 Å². The molecule has 0 aliphatic rings. The number of halogens is 1. The molecule has 0 atom stereocenters. The molecule has 3 rings (SSSR count). The molecular weight excluding hydrogens is 354 g/mol. The van der Waals surface area contributed by atoms with Gasteiger partial charge in [-0.15, -0.1) is 17.0 Å². The van der Waals surface area contributed by atoms with E-state index in [2.05, 4.69) is 4.99 Å². The van der Waals surface area contributed by atoms with Crippen LogP contribution in [0.5, 0.6) is 0 Å². The Morgan fingerprint density at radius 1 is 0.957 bits per heavy atom. The number of nitrogens with zero attached hydrogens (tertiary/aromatic N) is 3. The number of nitrogens with two attached hydrogens (primary N) is 2. The van der Waals surface area contributed by atoms with Crippen molar-refractivity contribution >= 4 is 22.9 Å². The largest absolute Gasteiger partial charge is 0.370 e. The van der Waals surface area contributed by atoms with E-state index >= 15 is 0 Å². The van der Waals surface area contributed by atoms with Crippen LogP contribution in [0.15, 0.2) is 71.9 Å². The van der Waals surface area contributed by atoms with Gasteiger partial charge in [-0.1, -0.05) is 48.5 Å². The highest BCUT2D eigenvalue weighted by Crippen LogP contribution is 2.24. The Labute approximate surface area is 145 Å². The third kappa shape index (κ3) is 3.98. The van der Waals surface area contributed by atoms with Crippen molar-refractivity contribution in [3.63, 3.8) is 0 Å². The summed E-state index contributed by atoms with van der Waals surface area (Å²) in [6.07, 6.45) is 1.96. The summed E-state index contributed by atoms with van der Waals surface area (Å²) in [6, 6.07) is 20.0. The van der Waals surface area contributed by atoms with Crippen LogP contribution >= 0.6 is 17.0 Å². The van der Waals surface area contributed by atoms with Crippen LogP contribution < -0.4 is 11.5 Å². The molecule has 6 heteroatoms. The van der Waals surface area contributed by atoms with Gasteiger partial charge >= 0.3 is 0 Å². The fraction of sp³-hybridized carbons (Fsp3) is 0.0588. The van der Waals surface area contributed by atoms with Crippen LogP contribution in [0.25, 0.3) is 16.9 Å². The second-order valence-electron chi connectivity index (χ2n) is 4.89. The Morgan fingerprint density at radius 3 is 2.17 bits per heavy atom. The predicted molar refractivity (Wildman–Crippen MR) is 98.8 cm³/mol. The summed E-state index contributed by atoms with van der Waals surface area (Å²) in [5, 5.41) is 4.69. The highest BCUT2D eigenvalue weighted by Gasteiger charge is 2.11. The molecule has 0 aliphatic heterocycles. The molecule has 1 heterocycles. The Bertz CT molecular complexity index is 777. The van der Waals surface area contributed by atoms with Crippen molar-refractivity contribution in [2.75, 3.05) is 0 Å². The van der Waals surface area contributed by atoms with Gasteiger partial charge in [-0.25, -0.2) is 9.67 Å². The molecule has 0 unspecified atom stereocenters. The van der Waals surface area contributed by atoms with Gasteiger partial charge in [0.2, 0.25) is 0 Å². The van der Waals surface area contributed by atoms with Crippen LogP contribution in [0, 0.1) is 0 Å². The number of para-hydroxylation sites is 1. The summed E-state index contributed by atoms with van der Waals surface area (Å²) in [6.45, 7) is 0.402. The lowest BCUT2D eigenvalue weighted by molar-refractivity contribution is 0.883. The first-order valence-electron chi connectivity index (χ1n) is 6.99. The van der Waals surface area contributed by atoms with Crippen molar-refractivity contribution < 1.29 is 0 Å². The van der Waals surface area contributed by atoms with Gasteiger partial charge in [-0.05, 0) is 12.1 Å². The number of hydrogen-bond donors (Lipinski definition) is 2. The minimum absolute atomic E-state index is 0. The van der Waals surface area contributed by atoms with E-state index in [4.69, 9.17) is 16.6 Å². The van der Waals surface area contributed by atoms with Gasteiger partial charge in [0.25, 0.3) is 0 Å². The van der Waals surface area contributed by atoms with Gasteiger partial charge in [0.05, 0.1) is 17.9 Å². The minimum Gasteiger partial charge on any atom is -0.370 e. The Kier molecular flexibility index (Phi) is 5.54. The normalized spacial score (nSPS) is 9.91. The van der Waals surface area contributed by atoms with Crippen molar-refractivity contribution in [1.29, 1.82) is 0 Å². The van der Waals surface area contributed by atoms with E-state index < -0.39 is 0 Å². The molecule has 0 saturated heterocycles. The zero-order chi connectivity index (χ0) is 15.4. The third-order valence-corrected chi connectivity index (χ3v) is 3.29. The fourth-order valence-electron chi connectivity index (χ4n) is 2.25. The van der Waals surface area contributed by atoms with Crippen molar-refractivity contribution in [2.24, 2.45) is 16.5 Å². The van der Waals surface area contributed by atoms with Gasteiger partial charge in [-0.2, -0.15) is 5.10 Å². The van der Waals surface area contributed by atoms with E-state index in [9.17, 15) is 0 Å². The number of aromatic nitrogens is 2. The molecule has 2 aromatic carbocycles. The molecule has 0 aliphatic carbocycles. The SMILES string of the molecule is Br.NC(N)=NCc1cn(-c2ccccc2)nc1-c1ccccc1. The number of benzene rings is 2. The quantitative estimate of drug-likeness (QED) is 0.546. The molecule has 1 aromatic heterocycles. The Balaban J connectivity index is 0.00000192. The van der Waals surface area contributed by atoms with Crippen LogP contribution in [0.1, 0.15) is 5.56 Å². The highest BCUT2D eigenvalue weighted by atomic mass is 79.9. The van der Waals surface area contributed by atoms with E-state index in [1.807, 2.05) is 71.5 Å². The second-order valence-corrected chi connectivity index (χ2v) is 4.89. The zero-order valence-corrected chi connectivity index (χ0v) is 14.2. The van der Waals surface area contributed by atoms with Crippen molar-refractivity contribution in [2.45, 2.75) is 6.54 Å². The molecule has 0 spiro atoms. The zero-order valence-electron chi connectivity index (χ0n) is 12.5. The molecule has 0 bridgehead atoms. The highest BCUT2D eigenvalue weighted by molar-refractivity contribution is 8.93. The van der Waals surface area contributed by atoms with E-state index in [1.165, 1.54) is 0 Å². The Morgan fingerprint density at radius 2 is 1.57 bits per heavy atom. The van der Waals surface area contributed by atoms with E-state index in [0.29, 0.717) is 6.54 Å². The minimum atomic E-state index is 0. The lowest BCUT2D eigenvalue weighted by atomic mass is 10.1. The number of hydrogen-bond acceptors (Lipinski definition) is 2. The summed E-state index contributed by atoms with van der Waals surface area (Å²) in [4.78, 5) is 4.11. The molecule has 23 heavy (non-hydrogen) atoms. The summed E-state index contributed by atoms with van der Waals surface area (Å²) in [7, 11) is 0. The van der Waals surface area contributed by atoms with Crippen molar-refractivity contribution in [1.82, 2.24) is 9.78 Å². The van der Waals surface area contributed by atoms with Gasteiger partial charge in [0.15, 0.2) is 5.96 Å². The molecule has 5 nitrogen and oxygen atoms in total. The number of guanidine groups is 1. The lowest BCUT2D eigenvalue weighted by Gasteiger charge is -2.00. The lowest BCUT2D eigenvalue weighted by Crippen LogP contribution is -2.22. The number of aliphatic imine (C=N–C) groups is 1. The van der Waals surface area contributed by atoms with Crippen LogP contribution in [-0.4, -0.2) is 15.7 Å².